The Morgan fingerprint density at radius 1 is 0.448 bits per heavy atom. The van der Waals surface area contributed by atoms with E-state index < -0.39 is 0 Å². The summed E-state index contributed by atoms with van der Waals surface area (Å²) in [4.78, 5) is 2.39. The molecular weight excluding hydrogens is 705 g/mol. The van der Waals surface area contributed by atoms with Crippen molar-refractivity contribution in [2.24, 2.45) is 0 Å². The summed E-state index contributed by atoms with van der Waals surface area (Å²) in [5.41, 5.74) is 15.8. The maximum absolute atomic E-state index is 7.22. The highest BCUT2D eigenvalue weighted by atomic mass is 16.3. The van der Waals surface area contributed by atoms with Crippen molar-refractivity contribution in [2.75, 3.05) is 4.90 Å². The normalized spacial score (nSPS) is 13.1. The lowest BCUT2D eigenvalue weighted by molar-refractivity contribution is 0.660. The van der Waals surface area contributed by atoms with Crippen LogP contribution in [0.5, 0.6) is 0 Å². The van der Waals surface area contributed by atoms with E-state index in [0.29, 0.717) is 0 Å². The van der Waals surface area contributed by atoms with Crippen LogP contribution in [0.15, 0.2) is 199 Å². The van der Waals surface area contributed by atoms with Crippen LogP contribution in [0, 0.1) is 0 Å². The summed E-state index contributed by atoms with van der Waals surface area (Å²) in [6.07, 6.45) is 0. The van der Waals surface area contributed by atoms with Crippen LogP contribution in [0.2, 0.25) is 0 Å². The molecule has 9 aromatic carbocycles. The Bertz CT molecular complexity index is 3370. The van der Waals surface area contributed by atoms with Crippen LogP contribution in [0.3, 0.4) is 0 Å². The van der Waals surface area contributed by atoms with Crippen LogP contribution in [-0.2, 0) is 5.41 Å². The molecule has 0 aliphatic heterocycles. The first-order chi connectivity index (χ1) is 28.5. The first-order valence-corrected chi connectivity index (χ1v) is 20.1. The van der Waals surface area contributed by atoms with Crippen LogP contribution in [0.25, 0.3) is 82.5 Å². The van der Waals surface area contributed by atoms with Crippen molar-refractivity contribution in [3.05, 3.63) is 205 Å². The van der Waals surface area contributed by atoms with Gasteiger partial charge < -0.3 is 13.9 Å². The highest BCUT2D eigenvalue weighted by Crippen LogP contribution is 2.52. The zero-order valence-electron chi connectivity index (χ0n) is 32.3. The minimum Gasteiger partial charge on any atom is -0.453 e. The van der Waals surface area contributed by atoms with Crippen LogP contribution in [0.1, 0.15) is 25.0 Å². The summed E-state index contributed by atoms with van der Waals surface area (Å²) in [6.45, 7) is 4.70. The predicted molar refractivity (Wildman–Crippen MR) is 243 cm³/mol. The van der Waals surface area contributed by atoms with E-state index in [-0.39, 0.29) is 5.41 Å². The van der Waals surface area contributed by atoms with E-state index in [1.165, 1.54) is 54.8 Å². The van der Waals surface area contributed by atoms with Gasteiger partial charge in [-0.2, -0.15) is 0 Å². The summed E-state index contributed by atoms with van der Waals surface area (Å²) in [7, 11) is 0. The summed E-state index contributed by atoms with van der Waals surface area (Å²) in [5, 5.41) is 7.13. The largest absolute Gasteiger partial charge is 0.453 e. The van der Waals surface area contributed by atoms with Crippen molar-refractivity contribution in [3.8, 4) is 27.9 Å². The average molecular weight is 743 g/mol. The van der Waals surface area contributed by atoms with Crippen molar-refractivity contribution in [2.45, 2.75) is 19.3 Å². The van der Waals surface area contributed by atoms with E-state index in [1.807, 2.05) is 0 Å². The Balaban J connectivity index is 1.11. The smallest absolute Gasteiger partial charge is 0.159 e. The van der Waals surface area contributed by atoms with Gasteiger partial charge >= 0.3 is 0 Å². The molecule has 1 aliphatic carbocycles. The second-order valence-corrected chi connectivity index (χ2v) is 16.1. The van der Waals surface area contributed by atoms with E-state index >= 15 is 0 Å². The molecule has 3 nitrogen and oxygen atoms in total. The number of furan rings is 1. The molecule has 0 saturated heterocycles. The molecule has 11 aromatic rings. The molecule has 0 amide bonds. The third-order valence-corrected chi connectivity index (χ3v) is 12.6. The van der Waals surface area contributed by atoms with Gasteiger partial charge in [-0.1, -0.05) is 147 Å². The van der Waals surface area contributed by atoms with Crippen molar-refractivity contribution >= 4 is 71.6 Å². The first kappa shape index (κ1) is 32.8. The molecule has 58 heavy (non-hydrogen) atoms. The van der Waals surface area contributed by atoms with Gasteiger partial charge in [0, 0.05) is 49.6 Å². The number of benzene rings is 9. The Morgan fingerprint density at radius 3 is 1.84 bits per heavy atom. The number of fused-ring (bicyclic) bond motifs is 11. The van der Waals surface area contributed by atoms with E-state index in [9.17, 15) is 0 Å². The molecule has 12 rings (SSSR count). The molecule has 0 unspecified atom stereocenters. The molecule has 0 atom stereocenters. The fourth-order valence-corrected chi connectivity index (χ4v) is 9.85. The number of hydrogen-bond acceptors (Lipinski definition) is 2. The first-order valence-electron chi connectivity index (χ1n) is 20.1. The van der Waals surface area contributed by atoms with Gasteiger partial charge in [-0.3, -0.25) is 0 Å². The van der Waals surface area contributed by atoms with E-state index in [4.69, 9.17) is 4.42 Å². The minimum atomic E-state index is -0.150. The molecule has 0 N–H and O–H groups in total. The number of anilines is 3. The van der Waals surface area contributed by atoms with Gasteiger partial charge in [-0.15, -0.1) is 0 Å². The molecular formula is C55H38N2O. The van der Waals surface area contributed by atoms with Crippen LogP contribution >= 0.6 is 0 Å². The molecule has 0 bridgehead atoms. The van der Waals surface area contributed by atoms with Crippen LogP contribution < -0.4 is 4.90 Å². The molecule has 1 aliphatic rings. The topological polar surface area (TPSA) is 21.3 Å². The van der Waals surface area contributed by atoms with Gasteiger partial charge in [0.25, 0.3) is 0 Å². The Morgan fingerprint density at radius 2 is 1.07 bits per heavy atom. The molecule has 0 spiro atoms. The monoisotopic (exact) mass is 742 g/mol. The highest BCUT2D eigenvalue weighted by molar-refractivity contribution is 6.24. The maximum Gasteiger partial charge on any atom is 0.159 e. The summed E-state index contributed by atoms with van der Waals surface area (Å²) >= 11 is 0. The van der Waals surface area contributed by atoms with Crippen molar-refractivity contribution in [1.82, 2.24) is 4.57 Å². The lowest BCUT2D eigenvalue weighted by Gasteiger charge is -2.28. The summed E-state index contributed by atoms with van der Waals surface area (Å²) in [6, 6.07) is 70.5. The molecule has 3 heteroatoms. The number of rotatable bonds is 5. The minimum absolute atomic E-state index is 0.150. The van der Waals surface area contributed by atoms with Gasteiger partial charge in [0.2, 0.25) is 0 Å². The summed E-state index contributed by atoms with van der Waals surface area (Å²) < 4.78 is 9.60. The molecule has 0 saturated carbocycles. The Labute approximate surface area is 336 Å². The zero-order chi connectivity index (χ0) is 38.5. The fourth-order valence-electron chi connectivity index (χ4n) is 9.85. The van der Waals surface area contributed by atoms with E-state index in [2.05, 4.69) is 217 Å². The third-order valence-electron chi connectivity index (χ3n) is 12.6. The number of nitrogens with zero attached hydrogens (tertiary/aromatic N) is 2. The summed E-state index contributed by atoms with van der Waals surface area (Å²) in [5.74, 6) is 0. The van der Waals surface area contributed by atoms with E-state index in [1.54, 1.807) is 0 Å². The number of para-hydroxylation sites is 3. The second-order valence-electron chi connectivity index (χ2n) is 16.1. The Kier molecular flexibility index (Phi) is 6.98. The Hall–Kier alpha value is -7.36. The average Bonchev–Trinajstić information content (AvgIpc) is 3.91. The predicted octanol–water partition coefficient (Wildman–Crippen LogP) is 15.3. The van der Waals surface area contributed by atoms with Gasteiger partial charge in [0.05, 0.1) is 16.7 Å². The van der Waals surface area contributed by atoms with Crippen LogP contribution in [-0.4, -0.2) is 4.57 Å². The van der Waals surface area contributed by atoms with Crippen molar-refractivity contribution in [1.29, 1.82) is 0 Å². The SMILES string of the molecule is CC1(C)c2ccccc2-c2ccc(N(c3ccc(-n4c5ccccc5c5ccccc54)cc3)c3cccc4c3oc3c(-c5ccccc5)cc5ccccc5c34)cc21. The molecule has 2 aromatic heterocycles. The quantitative estimate of drug-likeness (QED) is 0.175. The highest BCUT2D eigenvalue weighted by Gasteiger charge is 2.36. The number of aromatic nitrogens is 1. The van der Waals surface area contributed by atoms with Gasteiger partial charge in [-0.25, -0.2) is 0 Å². The molecule has 2 heterocycles. The fraction of sp³-hybridized carbons (Fsp3) is 0.0545. The van der Waals surface area contributed by atoms with Crippen molar-refractivity contribution < 1.29 is 4.42 Å². The molecule has 0 radical (unpaired) electrons. The maximum atomic E-state index is 7.22. The third kappa shape index (κ3) is 4.68. The van der Waals surface area contributed by atoms with Gasteiger partial charge in [-0.05, 0) is 99.3 Å². The molecule has 0 fully saturated rings. The van der Waals surface area contributed by atoms with Crippen molar-refractivity contribution in [3.63, 3.8) is 0 Å². The van der Waals surface area contributed by atoms with Gasteiger partial charge in [0.1, 0.15) is 5.58 Å². The molecule has 274 valence electrons. The van der Waals surface area contributed by atoms with Gasteiger partial charge in [0.15, 0.2) is 5.58 Å². The lowest BCUT2D eigenvalue weighted by Crippen LogP contribution is -2.16. The standard InChI is InChI=1S/C55H38N2O/c1-55(2)47-23-11-8-19-41(47)42-32-31-39(34-48(42)55)56(37-27-29-38(30-28-37)57-49-24-12-9-20-43(49)44-21-10-13-25-50(44)57)51-26-14-22-45-52-40-18-7-6-17-36(40)33-46(54(52)58-53(45)51)35-15-4-3-5-16-35/h3-34H,1-2H3. The zero-order valence-corrected chi connectivity index (χ0v) is 32.3. The van der Waals surface area contributed by atoms with E-state index in [0.717, 1.165) is 55.8 Å². The lowest BCUT2D eigenvalue weighted by atomic mass is 9.82. The number of hydrogen-bond donors (Lipinski definition) is 0. The second kappa shape index (κ2) is 12.3. The van der Waals surface area contributed by atoms with Crippen LogP contribution in [0.4, 0.5) is 17.1 Å².